The van der Waals surface area contributed by atoms with Gasteiger partial charge in [-0.05, 0) is 63.9 Å². The van der Waals surface area contributed by atoms with Crippen molar-refractivity contribution >= 4 is 22.8 Å². The van der Waals surface area contributed by atoms with Gasteiger partial charge in [0.25, 0.3) is 5.91 Å². The van der Waals surface area contributed by atoms with E-state index in [1.54, 1.807) is 18.6 Å². The Morgan fingerprint density at radius 3 is 2.41 bits per heavy atom. The van der Waals surface area contributed by atoms with Gasteiger partial charge in [0.05, 0.1) is 4.90 Å². The number of piperidine rings is 1. The molecule has 27 heavy (non-hydrogen) atoms. The molecule has 1 saturated heterocycles. The van der Waals surface area contributed by atoms with Crippen molar-refractivity contribution < 1.29 is 28.2 Å². The molecule has 8 nitrogen and oxygen atoms in total. The fourth-order valence-corrected chi connectivity index (χ4v) is 5.07. The second kappa shape index (κ2) is 8.76. The van der Waals surface area contributed by atoms with Crippen molar-refractivity contribution in [1.82, 2.24) is 10.3 Å². The predicted octanol–water partition coefficient (Wildman–Crippen LogP) is 0.313. The molecule has 0 atom stereocenters. The van der Waals surface area contributed by atoms with Crippen LogP contribution in [0.25, 0.3) is 0 Å². The summed E-state index contributed by atoms with van der Waals surface area (Å²) in [5, 5.41) is 18.8. The van der Waals surface area contributed by atoms with Crippen molar-refractivity contribution in [2.24, 2.45) is 0 Å². The van der Waals surface area contributed by atoms with Crippen LogP contribution in [0.15, 0.2) is 29.2 Å². The summed E-state index contributed by atoms with van der Waals surface area (Å²) in [6.07, 6.45) is -0.0894. The molecule has 1 aromatic rings. The van der Waals surface area contributed by atoms with Gasteiger partial charge in [-0.2, -0.15) is 0 Å². The van der Waals surface area contributed by atoms with Gasteiger partial charge < -0.3 is 14.6 Å². The third-order valence-corrected chi connectivity index (χ3v) is 7.30. The first kappa shape index (κ1) is 21.2. The third-order valence-electron chi connectivity index (χ3n) is 4.79. The summed E-state index contributed by atoms with van der Waals surface area (Å²) >= 11 is 0. The molecule has 1 aromatic carbocycles. The zero-order valence-electron chi connectivity index (χ0n) is 15.3. The molecule has 146 valence electrons. The molecule has 1 aliphatic rings. The first-order valence-electron chi connectivity index (χ1n) is 8.52. The lowest BCUT2D eigenvalue weighted by Crippen LogP contribution is -2.59. The number of hydrogen-bond donors (Lipinski definition) is 3. The molecule has 0 saturated carbocycles. The Morgan fingerprint density at radius 2 is 1.93 bits per heavy atom. The Balaban J connectivity index is 2.32. The zero-order chi connectivity index (χ0) is 20.1. The minimum absolute atomic E-state index is 0.0366. The summed E-state index contributed by atoms with van der Waals surface area (Å²) in [6, 6.07) is 5.74. The summed E-state index contributed by atoms with van der Waals surface area (Å²) in [6.45, 7) is 3.87. The highest BCUT2D eigenvalue weighted by Gasteiger charge is 2.53. The van der Waals surface area contributed by atoms with E-state index in [1.165, 1.54) is 29.7 Å². The second-order valence-electron chi connectivity index (χ2n) is 6.29. The number of carbonyl (C=O) groups excluding carboxylic acids is 1. The van der Waals surface area contributed by atoms with Crippen molar-refractivity contribution in [2.75, 3.05) is 19.7 Å². The van der Waals surface area contributed by atoms with Crippen LogP contribution in [0.1, 0.15) is 19.8 Å². The van der Waals surface area contributed by atoms with Crippen molar-refractivity contribution in [1.29, 1.82) is 0 Å². The molecule has 1 amide bonds. The molecule has 0 spiro atoms. The van der Waals surface area contributed by atoms with E-state index in [-0.39, 0.29) is 37.4 Å². The van der Waals surface area contributed by atoms with E-state index in [0.717, 1.165) is 0 Å². The van der Waals surface area contributed by atoms with Crippen molar-refractivity contribution in [3.63, 3.8) is 0 Å². The van der Waals surface area contributed by atoms with E-state index in [1.807, 2.05) is 0 Å². The topological polar surface area (TPSA) is 116 Å². The fraction of sp³-hybridized carbons (Fsp3) is 0.471. The number of carbonyl (C=O) groups is 1. The number of benzene rings is 1. The van der Waals surface area contributed by atoms with Crippen molar-refractivity contribution in [3.05, 3.63) is 24.3 Å². The number of hydrogen-bond acceptors (Lipinski definition) is 7. The lowest BCUT2D eigenvalue weighted by molar-refractivity contribution is -0.133. The lowest BCUT2D eigenvalue weighted by atomic mass is 9.80. The van der Waals surface area contributed by atoms with Gasteiger partial charge in [0, 0.05) is 0 Å². The molecule has 2 rings (SSSR count). The van der Waals surface area contributed by atoms with Gasteiger partial charge in [-0.15, -0.1) is 5.92 Å². The van der Waals surface area contributed by atoms with Crippen LogP contribution in [0.2, 0.25) is 6.82 Å². The van der Waals surface area contributed by atoms with Gasteiger partial charge in [-0.1, -0.05) is 5.92 Å². The molecule has 0 unspecified atom stereocenters. The number of amides is 1. The number of nitrogens with zero attached hydrogens (tertiary/aromatic N) is 1. The molecule has 0 bridgehead atoms. The van der Waals surface area contributed by atoms with Crippen LogP contribution in [0.3, 0.4) is 0 Å². The minimum Gasteiger partial charge on any atom is -0.481 e. The maximum Gasteiger partial charge on any atom is 0.376 e. The molecule has 1 aliphatic heterocycles. The maximum atomic E-state index is 13.2. The Kier molecular flexibility index (Phi) is 6.89. The normalized spacial score (nSPS) is 16.7. The van der Waals surface area contributed by atoms with Crippen molar-refractivity contribution in [2.45, 2.75) is 36.2 Å². The molecule has 0 radical (unpaired) electrons. The molecule has 0 aliphatic carbocycles. The monoisotopic (exact) mass is 394 g/mol. The molecular formula is C17H23BN2O6S. The average Bonchev–Trinajstić information content (AvgIpc) is 2.67. The standard InChI is InChI=1S/C17H23BN2O6S/c1-3-4-13-26-14-5-7-15(8-6-14)27(24,25)17(16(21)19-23)9-11-20(12-10-17)18(2)22/h5-8,22-23H,9-13H2,1-2H3,(H,19,21). The van der Waals surface area contributed by atoms with Crippen LogP contribution >= 0.6 is 0 Å². The van der Waals surface area contributed by atoms with Gasteiger partial charge in [0.15, 0.2) is 14.6 Å². The summed E-state index contributed by atoms with van der Waals surface area (Å²) in [5.74, 6) is 4.92. The average molecular weight is 394 g/mol. The van der Waals surface area contributed by atoms with Gasteiger partial charge in [0.2, 0.25) is 0 Å². The van der Waals surface area contributed by atoms with Gasteiger partial charge >= 0.3 is 7.05 Å². The zero-order valence-corrected chi connectivity index (χ0v) is 16.1. The first-order valence-corrected chi connectivity index (χ1v) is 10.0. The van der Waals surface area contributed by atoms with E-state index in [9.17, 15) is 18.2 Å². The molecule has 1 heterocycles. The Hall–Kier alpha value is -2.06. The van der Waals surface area contributed by atoms with Gasteiger partial charge in [0.1, 0.15) is 12.4 Å². The third kappa shape index (κ3) is 4.27. The first-order chi connectivity index (χ1) is 12.8. The number of rotatable bonds is 6. The van der Waals surface area contributed by atoms with Crippen molar-refractivity contribution in [3.8, 4) is 17.6 Å². The smallest absolute Gasteiger partial charge is 0.376 e. The summed E-state index contributed by atoms with van der Waals surface area (Å²) in [5.41, 5.74) is 1.50. The van der Waals surface area contributed by atoms with Gasteiger partial charge in [-0.3, -0.25) is 10.0 Å². The minimum atomic E-state index is -4.09. The van der Waals surface area contributed by atoms with Crippen LogP contribution in [0.4, 0.5) is 0 Å². The Labute approximate surface area is 159 Å². The summed E-state index contributed by atoms with van der Waals surface area (Å²) in [4.78, 5) is 14.0. The van der Waals surface area contributed by atoms with E-state index in [2.05, 4.69) is 11.8 Å². The largest absolute Gasteiger partial charge is 0.481 e. The van der Waals surface area contributed by atoms with E-state index < -0.39 is 27.5 Å². The van der Waals surface area contributed by atoms with E-state index in [0.29, 0.717) is 5.75 Å². The van der Waals surface area contributed by atoms with Crippen LogP contribution in [-0.2, 0) is 14.6 Å². The molecular weight excluding hydrogens is 371 g/mol. The van der Waals surface area contributed by atoms with Crippen LogP contribution in [0, 0.1) is 11.8 Å². The molecule has 0 aromatic heterocycles. The highest BCUT2D eigenvalue weighted by Crippen LogP contribution is 2.36. The molecule has 10 heteroatoms. The quantitative estimate of drug-likeness (QED) is 0.275. The van der Waals surface area contributed by atoms with E-state index in [4.69, 9.17) is 9.94 Å². The van der Waals surface area contributed by atoms with E-state index >= 15 is 0 Å². The molecule has 3 N–H and O–H groups in total. The second-order valence-corrected chi connectivity index (χ2v) is 8.55. The van der Waals surface area contributed by atoms with Crippen LogP contribution in [-0.4, -0.2) is 60.9 Å². The Bertz CT molecular complexity index is 821. The number of hydroxylamine groups is 1. The van der Waals surface area contributed by atoms with Gasteiger partial charge in [-0.25, -0.2) is 13.9 Å². The predicted molar refractivity (Wildman–Crippen MR) is 99.9 cm³/mol. The van der Waals surface area contributed by atoms with Crippen LogP contribution in [0.5, 0.6) is 5.75 Å². The van der Waals surface area contributed by atoms with Crippen LogP contribution < -0.4 is 10.2 Å². The summed E-state index contributed by atoms with van der Waals surface area (Å²) < 4.78 is 30.1. The molecule has 1 fully saturated rings. The number of ether oxygens (including phenoxy) is 1. The highest BCUT2D eigenvalue weighted by atomic mass is 32.2. The lowest BCUT2D eigenvalue weighted by Gasteiger charge is -2.39. The fourth-order valence-electron chi connectivity index (χ4n) is 3.11. The SMILES string of the molecule is CC#CCOc1ccc(S(=O)(=O)C2(C(=O)NO)CCN(B(C)O)CC2)cc1. The highest BCUT2D eigenvalue weighted by molar-refractivity contribution is 7.93. The Morgan fingerprint density at radius 1 is 1.33 bits per heavy atom. The summed E-state index contributed by atoms with van der Waals surface area (Å²) in [7, 11) is -4.83. The number of nitrogens with one attached hydrogen (secondary N) is 1. The number of sulfone groups is 1. The maximum absolute atomic E-state index is 13.2.